The van der Waals surface area contributed by atoms with Crippen LogP contribution in [0.4, 0.5) is 21.9 Å². The van der Waals surface area contributed by atoms with Crippen molar-refractivity contribution in [3.05, 3.63) is 42.5 Å². The molecular weight excluding hydrogens is 432 g/mol. The van der Waals surface area contributed by atoms with Crippen molar-refractivity contribution < 1.29 is 23.9 Å². The number of urea groups is 1. The first-order chi connectivity index (χ1) is 15.5. The van der Waals surface area contributed by atoms with E-state index in [1.807, 2.05) is 6.26 Å². The van der Waals surface area contributed by atoms with E-state index in [0.29, 0.717) is 40.7 Å². The average Bonchev–Trinajstić information content (AvgIpc) is 2.81. The van der Waals surface area contributed by atoms with Crippen molar-refractivity contribution in [2.75, 3.05) is 48.3 Å². The molecule has 2 aromatic rings. The third kappa shape index (κ3) is 5.44. The molecule has 3 rings (SSSR count). The Kier molecular flexibility index (Phi) is 7.82. The minimum atomic E-state index is -0.807. The van der Waals surface area contributed by atoms with E-state index in [-0.39, 0.29) is 18.4 Å². The maximum absolute atomic E-state index is 13.1. The second-order valence-electron chi connectivity index (χ2n) is 6.99. The van der Waals surface area contributed by atoms with E-state index in [1.54, 1.807) is 61.3 Å². The van der Waals surface area contributed by atoms with E-state index in [2.05, 4.69) is 16.0 Å². The number of ether oxygens (including phenoxy) is 2. The van der Waals surface area contributed by atoms with Crippen LogP contribution in [0.5, 0.6) is 11.5 Å². The Morgan fingerprint density at radius 2 is 1.97 bits per heavy atom. The van der Waals surface area contributed by atoms with Crippen LogP contribution >= 0.6 is 11.8 Å². The first kappa shape index (κ1) is 23.3. The van der Waals surface area contributed by atoms with Gasteiger partial charge in [0.25, 0.3) is 0 Å². The zero-order valence-electron chi connectivity index (χ0n) is 18.1. The molecule has 0 radical (unpaired) electrons. The summed E-state index contributed by atoms with van der Waals surface area (Å²) < 4.78 is 10.5. The van der Waals surface area contributed by atoms with Gasteiger partial charge in [-0.2, -0.15) is 11.8 Å². The van der Waals surface area contributed by atoms with Gasteiger partial charge in [-0.05, 0) is 42.7 Å². The zero-order valence-corrected chi connectivity index (χ0v) is 19.0. The molecule has 4 amide bonds. The molecule has 9 nitrogen and oxygen atoms in total. The van der Waals surface area contributed by atoms with E-state index in [0.717, 1.165) is 0 Å². The van der Waals surface area contributed by atoms with Crippen molar-refractivity contribution in [3.63, 3.8) is 0 Å². The van der Waals surface area contributed by atoms with Crippen LogP contribution < -0.4 is 30.3 Å². The molecule has 1 atom stereocenters. The molecular formula is C22H26N4O5S. The third-order valence-corrected chi connectivity index (χ3v) is 5.55. The fraction of sp³-hybridized carbons (Fsp3) is 0.318. The van der Waals surface area contributed by atoms with Gasteiger partial charge in [0, 0.05) is 6.07 Å². The number of fused-ring (bicyclic) bond motifs is 1. The lowest BCUT2D eigenvalue weighted by atomic mass is 10.1. The van der Waals surface area contributed by atoms with Crippen molar-refractivity contribution >= 4 is 46.7 Å². The Hall–Kier alpha value is -3.40. The Morgan fingerprint density at radius 3 is 2.69 bits per heavy atom. The molecule has 0 unspecified atom stereocenters. The summed E-state index contributed by atoms with van der Waals surface area (Å²) in [6, 6.07) is 10.7. The number of carbonyl (C=O) groups is 3. The number of anilines is 3. The van der Waals surface area contributed by atoms with E-state index < -0.39 is 12.1 Å². The van der Waals surface area contributed by atoms with Crippen LogP contribution in [0.3, 0.4) is 0 Å². The van der Waals surface area contributed by atoms with Gasteiger partial charge < -0.3 is 25.4 Å². The maximum atomic E-state index is 13.1. The molecule has 0 saturated heterocycles. The topological polar surface area (TPSA) is 109 Å². The molecule has 3 N–H and O–H groups in total. The second kappa shape index (κ2) is 10.8. The second-order valence-corrected chi connectivity index (χ2v) is 7.98. The van der Waals surface area contributed by atoms with Crippen LogP contribution in [0.25, 0.3) is 0 Å². The predicted octanol–water partition coefficient (Wildman–Crippen LogP) is 2.93. The number of carbonyl (C=O) groups excluding carboxylic acids is 3. The lowest BCUT2D eigenvalue weighted by Gasteiger charge is -2.30. The molecule has 1 aliphatic heterocycles. The molecule has 1 heterocycles. The third-order valence-electron chi connectivity index (χ3n) is 4.91. The molecule has 32 heavy (non-hydrogen) atoms. The number of nitrogens with zero attached hydrogens (tertiary/aromatic N) is 1. The quantitative estimate of drug-likeness (QED) is 0.561. The minimum Gasteiger partial charge on any atom is -0.497 e. The van der Waals surface area contributed by atoms with Crippen LogP contribution in [-0.2, 0) is 9.59 Å². The highest BCUT2D eigenvalue weighted by Crippen LogP contribution is 2.30. The number of rotatable bonds is 8. The van der Waals surface area contributed by atoms with Crippen LogP contribution in [-0.4, -0.2) is 56.7 Å². The van der Waals surface area contributed by atoms with Gasteiger partial charge in [-0.1, -0.05) is 12.1 Å². The summed E-state index contributed by atoms with van der Waals surface area (Å²) >= 11 is 1.57. The largest absolute Gasteiger partial charge is 0.497 e. The van der Waals surface area contributed by atoms with Gasteiger partial charge in [-0.3, -0.25) is 14.5 Å². The highest BCUT2D eigenvalue weighted by molar-refractivity contribution is 7.98. The average molecular weight is 459 g/mol. The highest BCUT2D eigenvalue weighted by Gasteiger charge is 2.30. The number of nitrogens with one attached hydrogen (secondary N) is 3. The first-order valence-corrected chi connectivity index (χ1v) is 11.3. The van der Waals surface area contributed by atoms with Gasteiger partial charge in [0.15, 0.2) is 0 Å². The smallest absolute Gasteiger partial charge is 0.323 e. The fourth-order valence-electron chi connectivity index (χ4n) is 3.27. The number of thioether (sulfide) groups is 1. The number of amides is 4. The van der Waals surface area contributed by atoms with Gasteiger partial charge in [0.05, 0.1) is 31.3 Å². The zero-order chi connectivity index (χ0) is 23.1. The van der Waals surface area contributed by atoms with Crippen molar-refractivity contribution in [1.29, 1.82) is 0 Å². The maximum Gasteiger partial charge on any atom is 0.323 e. The summed E-state index contributed by atoms with van der Waals surface area (Å²) in [4.78, 5) is 39.5. The summed E-state index contributed by atoms with van der Waals surface area (Å²) in [6.45, 7) is -0.133. The minimum absolute atomic E-state index is 0.133. The number of benzene rings is 2. The molecule has 10 heteroatoms. The van der Waals surface area contributed by atoms with Gasteiger partial charge in [0.2, 0.25) is 11.8 Å². The Labute approximate surface area is 190 Å². The van der Waals surface area contributed by atoms with E-state index >= 15 is 0 Å². The van der Waals surface area contributed by atoms with E-state index in [1.165, 1.54) is 12.0 Å². The fourth-order valence-corrected chi connectivity index (χ4v) is 3.74. The summed E-state index contributed by atoms with van der Waals surface area (Å²) in [5.41, 5.74) is 1.59. The molecule has 2 aromatic carbocycles. The van der Waals surface area contributed by atoms with Crippen molar-refractivity contribution in [1.82, 2.24) is 5.32 Å². The lowest BCUT2D eigenvalue weighted by Crippen LogP contribution is -2.53. The summed E-state index contributed by atoms with van der Waals surface area (Å²) in [5.74, 6) is 1.01. The summed E-state index contributed by atoms with van der Waals surface area (Å²) in [6.07, 6.45) is 2.34. The van der Waals surface area contributed by atoms with E-state index in [4.69, 9.17) is 9.47 Å². The molecule has 0 aliphatic carbocycles. The molecule has 0 spiro atoms. The van der Waals surface area contributed by atoms with Crippen molar-refractivity contribution in [2.24, 2.45) is 0 Å². The normalized spacial score (nSPS) is 13.5. The SMILES string of the molecule is COc1ccc(NC(=O)[C@@H](CCSC)NC(=O)N2CC(=O)Nc3ccccc32)c(OC)c1. The number of hydrogen-bond acceptors (Lipinski definition) is 6. The van der Waals surface area contributed by atoms with Gasteiger partial charge in [-0.15, -0.1) is 0 Å². The van der Waals surface area contributed by atoms with Crippen molar-refractivity contribution in [3.8, 4) is 11.5 Å². The van der Waals surface area contributed by atoms with Crippen LogP contribution in [0, 0.1) is 0 Å². The lowest BCUT2D eigenvalue weighted by molar-refractivity contribution is -0.118. The Balaban J connectivity index is 1.77. The van der Waals surface area contributed by atoms with Gasteiger partial charge >= 0.3 is 6.03 Å². The molecule has 0 bridgehead atoms. The summed E-state index contributed by atoms with van der Waals surface area (Å²) in [5, 5.41) is 8.34. The molecule has 0 fully saturated rings. The van der Waals surface area contributed by atoms with Gasteiger partial charge in [-0.25, -0.2) is 4.79 Å². The predicted molar refractivity (Wildman–Crippen MR) is 126 cm³/mol. The Morgan fingerprint density at radius 1 is 1.19 bits per heavy atom. The monoisotopic (exact) mass is 458 g/mol. The number of hydrogen-bond donors (Lipinski definition) is 3. The van der Waals surface area contributed by atoms with Crippen LogP contribution in [0.2, 0.25) is 0 Å². The van der Waals surface area contributed by atoms with Crippen LogP contribution in [0.15, 0.2) is 42.5 Å². The molecule has 0 aromatic heterocycles. The van der Waals surface area contributed by atoms with Gasteiger partial charge in [0.1, 0.15) is 24.1 Å². The number of methoxy groups -OCH3 is 2. The standard InChI is InChI=1S/C22H26N4O5S/c1-30-14-8-9-16(19(12-14)31-2)24-21(28)17(10-11-32-3)25-22(29)26-13-20(27)23-15-6-4-5-7-18(15)26/h4-9,12,17H,10-11,13H2,1-3H3,(H,23,27)(H,24,28)(H,25,29)/t17-/m1/s1. The van der Waals surface area contributed by atoms with Crippen molar-refractivity contribution in [2.45, 2.75) is 12.5 Å². The van der Waals surface area contributed by atoms with Crippen LogP contribution in [0.1, 0.15) is 6.42 Å². The summed E-state index contributed by atoms with van der Waals surface area (Å²) in [7, 11) is 3.04. The first-order valence-electron chi connectivity index (χ1n) is 9.95. The highest BCUT2D eigenvalue weighted by atomic mass is 32.2. The molecule has 1 aliphatic rings. The van der Waals surface area contributed by atoms with E-state index in [9.17, 15) is 14.4 Å². The number of para-hydroxylation sites is 2. The Bertz CT molecular complexity index is 1000. The molecule has 0 saturated carbocycles. The molecule has 170 valence electrons.